The van der Waals surface area contributed by atoms with Crippen molar-refractivity contribution in [1.82, 2.24) is 0 Å². The first-order valence-corrected chi connectivity index (χ1v) is 37.5. The molecule has 0 N–H and O–H groups in total. The molecule has 10 aromatic carbocycles. The van der Waals surface area contributed by atoms with Crippen molar-refractivity contribution < 1.29 is 105 Å². The number of carbonyl (C=O) groups is 6. The molecule has 3 aliphatic rings. The Balaban J connectivity index is 1.01. The van der Waals surface area contributed by atoms with Gasteiger partial charge in [0.2, 0.25) is 0 Å². The van der Waals surface area contributed by atoms with Crippen LogP contribution in [0, 0.1) is 0 Å². The third-order valence-electron chi connectivity index (χ3n) is 18.9. The number of esters is 6. The molecule has 0 aliphatic carbocycles. The Morgan fingerprint density at radius 3 is 0.983 bits per heavy atom. The van der Waals surface area contributed by atoms with Crippen LogP contribution in [0.2, 0.25) is 0 Å². The molecule has 3 fully saturated rings. The second-order valence-corrected chi connectivity index (χ2v) is 26.8. The monoisotopic (exact) mass is 1560 g/mol. The maximum Gasteiger partial charge on any atom is 0.338 e. The Hall–Kier alpha value is -12.1. The van der Waals surface area contributed by atoms with Gasteiger partial charge in [0.05, 0.1) is 73.0 Å². The molecule has 590 valence electrons. The minimum atomic E-state index is -2.17. The zero-order chi connectivity index (χ0) is 79.3. The van der Waals surface area contributed by atoms with Crippen molar-refractivity contribution in [2.45, 2.75) is 119 Å². The summed E-state index contributed by atoms with van der Waals surface area (Å²) in [7, 11) is 0. The second kappa shape index (κ2) is 41.6. The summed E-state index contributed by atoms with van der Waals surface area (Å²) >= 11 is 0. The highest BCUT2D eigenvalue weighted by Gasteiger charge is 2.60. The maximum absolute atomic E-state index is 15.6. The normalized spacial score (nSPS) is 23.0. The molecule has 25 heteroatoms. The highest BCUT2D eigenvalue weighted by molar-refractivity contribution is 5.92. The highest BCUT2D eigenvalue weighted by Crippen LogP contribution is 2.40. The van der Waals surface area contributed by atoms with Gasteiger partial charge in [-0.05, 0) is 101 Å². The molecule has 115 heavy (non-hydrogen) atoms. The van der Waals surface area contributed by atoms with Crippen LogP contribution in [0.25, 0.3) is 10.4 Å². The number of hydrogen-bond acceptors (Lipinski definition) is 23. The zero-order valence-electron chi connectivity index (χ0n) is 62.2. The van der Waals surface area contributed by atoms with Crippen LogP contribution in [0.3, 0.4) is 0 Å². The third kappa shape index (κ3) is 22.5. The van der Waals surface area contributed by atoms with Crippen LogP contribution in [0.4, 0.5) is 0 Å². The molecule has 0 aromatic heterocycles. The van der Waals surface area contributed by atoms with Gasteiger partial charge in [0.1, 0.15) is 62.0 Å². The van der Waals surface area contributed by atoms with E-state index in [1.807, 2.05) is 121 Å². The zero-order valence-corrected chi connectivity index (χ0v) is 62.2. The maximum atomic E-state index is 15.6. The Bertz CT molecular complexity index is 4750. The average molecular weight is 1560 g/mol. The van der Waals surface area contributed by atoms with Crippen LogP contribution < -0.4 is 0 Å². The summed E-state index contributed by atoms with van der Waals surface area (Å²) < 4.78 is 110. The molecule has 0 spiro atoms. The molecule has 15 atom stereocenters. The molecule has 0 radical (unpaired) electrons. The molecule has 0 amide bonds. The predicted molar refractivity (Wildman–Crippen MR) is 413 cm³/mol. The lowest BCUT2D eigenvalue weighted by Crippen LogP contribution is -2.69. The van der Waals surface area contributed by atoms with Gasteiger partial charge in [-0.2, -0.15) is 0 Å². The molecule has 3 aliphatic heterocycles. The van der Waals surface area contributed by atoms with Gasteiger partial charge in [0.15, 0.2) is 43.3 Å². The van der Waals surface area contributed by atoms with Gasteiger partial charge in [-0.3, -0.25) is 0 Å². The topological polar surface area (TPSA) is 299 Å². The lowest BCUT2D eigenvalue weighted by Gasteiger charge is -2.51. The molecule has 3 saturated heterocycles. The van der Waals surface area contributed by atoms with Gasteiger partial charge in [-0.15, -0.1) is 0 Å². The number of hydrogen-bond donors (Lipinski definition) is 0. The van der Waals surface area contributed by atoms with Crippen LogP contribution in [-0.2, 0) is 102 Å². The van der Waals surface area contributed by atoms with E-state index in [4.69, 9.17) is 75.8 Å². The molecule has 13 rings (SSSR count). The van der Waals surface area contributed by atoms with E-state index in [0.717, 1.165) is 16.7 Å². The minimum Gasteiger partial charge on any atom is -0.459 e. The first-order valence-electron chi connectivity index (χ1n) is 37.5. The highest BCUT2D eigenvalue weighted by atomic mass is 16.8. The summed E-state index contributed by atoms with van der Waals surface area (Å²) in [4.78, 5) is 92.7. The van der Waals surface area contributed by atoms with Crippen LogP contribution in [0.15, 0.2) is 308 Å². The molecule has 25 nitrogen and oxygen atoms in total. The summed E-state index contributed by atoms with van der Waals surface area (Å²) in [5.74, 6) is -5.72. The van der Waals surface area contributed by atoms with E-state index < -0.39 is 141 Å². The van der Waals surface area contributed by atoms with Crippen molar-refractivity contribution in [2.75, 3.05) is 33.0 Å². The van der Waals surface area contributed by atoms with Crippen LogP contribution in [0.1, 0.15) is 84.4 Å². The summed E-state index contributed by atoms with van der Waals surface area (Å²) in [6.45, 7) is -2.42. The Labute approximate surface area is 663 Å². The fourth-order valence-electron chi connectivity index (χ4n) is 13.2. The fourth-order valence-corrected chi connectivity index (χ4v) is 13.2. The predicted octanol–water partition coefficient (Wildman–Crippen LogP) is 13.8. The molecule has 3 heterocycles. The SMILES string of the molecule is [N-]=[N+]=NCCO[C@@H]1O[C@H](COC(=O)c2ccccc2)[C@@H](O[C@@H]2O[C@H](COC(=O)c3ccccc3)[C@H](OC(=O)c3ccccc3)[C@H](O[C@H]3O[C@H](COCc4ccccc4)[C@H](OCc4ccccc4)[C@H](OCc4ccccc4)[C@H]3OCc3ccccc3)[C@H]2OC(=O)c2ccccc2)[C@H](OC(=O)c2ccccc2)[C@H]1OC(=O)c1ccccc1. The van der Waals surface area contributed by atoms with E-state index >= 15 is 14.4 Å². The number of rotatable bonds is 35. The Morgan fingerprint density at radius 2 is 0.583 bits per heavy atom. The Morgan fingerprint density at radius 1 is 0.287 bits per heavy atom. The van der Waals surface area contributed by atoms with Crippen molar-refractivity contribution in [3.63, 3.8) is 0 Å². The average Bonchev–Trinajstić information content (AvgIpc) is 0.761. The van der Waals surface area contributed by atoms with E-state index in [0.29, 0.717) is 5.56 Å². The standard InChI is InChI=1S/C90H83N3O22/c91-93-92-51-52-101-88-80(112-86(98)68-47-27-9-28-48-68)77(111-85(97)67-45-25-8-26-46-67)75(72(107-88)59-106-83(95)65-41-21-6-22-42-65)114-90-81(113-87(99)69-49-29-10-30-50-69)78(74(110-84(96)66-43-23-7-24-44-66)71(109-90)58-105-82(94)64-39-19-5-20-40-64)115-89-79(104-56-63-37-17-4-18-38-63)76(103-55-62-35-15-3-16-36-62)73(102-54-61-33-13-2-14-34-61)70(108-89)57-100-53-60-31-11-1-12-32-60/h1-50,70-81,88-90H,51-59H2/t70-,71-,72-,73+,74+,75-,76+,77+,78+,79-,80-,81-,88-,89-,90+/m1/s1. The summed E-state index contributed by atoms with van der Waals surface area (Å²) in [5, 5.41) is 3.65. The first kappa shape index (κ1) is 81.0. The minimum absolute atomic E-state index is 0.00627. The molecule has 0 unspecified atom stereocenters. The second-order valence-electron chi connectivity index (χ2n) is 26.8. The molecule has 10 aromatic rings. The number of azide groups is 1. The smallest absolute Gasteiger partial charge is 0.338 e. The van der Waals surface area contributed by atoms with Crippen molar-refractivity contribution in [3.05, 3.63) is 369 Å². The summed E-state index contributed by atoms with van der Waals surface area (Å²) in [5.41, 5.74) is 12.8. The van der Waals surface area contributed by atoms with Crippen molar-refractivity contribution in [3.8, 4) is 0 Å². The molecular weight excluding hydrogens is 1470 g/mol. The summed E-state index contributed by atoms with van der Waals surface area (Å²) in [6, 6.07) is 85.1. The van der Waals surface area contributed by atoms with Crippen molar-refractivity contribution >= 4 is 35.8 Å². The van der Waals surface area contributed by atoms with Crippen molar-refractivity contribution in [1.29, 1.82) is 0 Å². The summed E-state index contributed by atoms with van der Waals surface area (Å²) in [6.07, 6.45) is -25.7. The number of nitrogens with zero attached hydrogens (tertiary/aromatic N) is 3. The first-order chi connectivity index (χ1) is 56.5. The van der Waals surface area contributed by atoms with E-state index in [-0.39, 0.29) is 79.6 Å². The van der Waals surface area contributed by atoms with Gasteiger partial charge in [0.25, 0.3) is 0 Å². The quantitative estimate of drug-likeness (QED) is 0.00890. The van der Waals surface area contributed by atoms with Crippen LogP contribution in [-0.4, -0.2) is 161 Å². The van der Waals surface area contributed by atoms with Gasteiger partial charge in [0, 0.05) is 11.5 Å². The van der Waals surface area contributed by atoms with E-state index in [9.17, 15) is 19.9 Å². The van der Waals surface area contributed by atoms with E-state index in [2.05, 4.69) is 10.0 Å². The van der Waals surface area contributed by atoms with E-state index in [1.54, 1.807) is 109 Å². The largest absolute Gasteiger partial charge is 0.459 e. The van der Waals surface area contributed by atoms with E-state index in [1.165, 1.54) is 72.8 Å². The van der Waals surface area contributed by atoms with Gasteiger partial charge < -0.3 is 75.8 Å². The number of benzene rings is 10. The Kier molecular flexibility index (Phi) is 29.3. The number of carbonyl (C=O) groups excluding carboxylic acids is 6. The lowest BCUT2D eigenvalue weighted by molar-refractivity contribution is -0.383. The third-order valence-corrected chi connectivity index (χ3v) is 18.9. The molecular formula is C90H83N3O22. The molecule has 0 bridgehead atoms. The fraction of sp³-hybridized carbons (Fsp3) is 0.267. The van der Waals surface area contributed by atoms with Gasteiger partial charge >= 0.3 is 35.8 Å². The van der Waals surface area contributed by atoms with Crippen LogP contribution >= 0.6 is 0 Å². The van der Waals surface area contributed by atoms with Gasteiger partial charge in [-0.1, -0.05) is 236 Å². The van der Waals surface area contributed by atoms with Crippen molar-refractivity contribution in [2.24, 2.45) is 5.11 Å². The lowest BCUT2D eigenvalue weighted by atomic mass is 9.94. The van der Waals surface area contributed by atoms with Gasteiger partial charge in [-0.25, -0.2) is 28.8 Å². The molecule has 0 saturated carbocycles. The van der Waals surface area contributed by atoms with Crippen LogP contribution in [0.5, 0.6) is 0 Å². The number of ether oxygens (including phenoxy) is 16.